The lowest BCUT2D eigenvalue weighted by atomic mass is 10.2. The minimum atomic E-state index is -0.373. The first kappa shape index (κ1) is 15.7. The molecular weight excluding hydrogens is 299 g/mol. The topological polar surface area (TPSA) is 65.6 Å². The molecular formula is C17H19FN2O3. The van der Waals surface area contributed by atoms with Gasteiger partial charge in [-0.05, 0) is 24.1 Å². The van der Waals surface area contributed by atoms with E-state index < -0.39 is 0 Å². The maximum atomic E-state index is 12.9. The first-order valence-electron chi connectivity index (χ1n) is 7.59. The van der Waals surface area contributed by atoms with Gasteiger partial charge in [0.05, 0.1) is 12.7 Å². The van der Waals surface area contributed by atoms with Gasteiger partial charge in [-0.1, -0.05) is 12.1 Å². The van der Waals surface area contributed by atoms with Gasteiger partial charge in [-0.25, -0.2) is 4.39 Å². The maximum absolute atomic E-state index is 12.9. The van der Waals surface area contributed by atoms with Gasteiger partial charge in [0.25, 0.3) is 0 Å². The third kappa shape index (κ3) is 4.18. The lowest BCUT2D eigenvalue weighted by Gasteiger charge is -2.16. The SMILES string of the molecule is O=c1cc(CN2CCC(OCc3ccc(F)cc3)C2)[nH]cc1O. The third-order valence-corrected chi connectivity index (χ3v) is 3.97. The zero-order valence-electron chi connectivity index (χ0n) is 12.7. The van der Waals surface area contributed by atoms with Gasteiger partial charge >= 0.3 is 0 Å². The number of rotatable bonds is 5. The Kier molecular flexibility index (Phi) is 4.73. The zero-order valence-corrected chi connectivity index (χ0v) is 12.7. The Morgan fingerprint density at radius 2 is 2.13 bits per heavy atom. The second-order valence-electron chi connectivity index (χ2n) is 5.79. The predicted octanol–water partition coefficient (Wildman–Crippen LogP) is 2.01. The summed E-state index contributed by atoms with van der Waals surface area (Å²) >= 11 is 0. The molecule has 1 fully saturated rings. The van der Waals surface area contributed by atoms with Crippen molar-refractivity contribution in [3.05, 3.63) is 63.8 Å². The van der Waals surface area contributed by atoms with E-state index in [0.717, 1.165) is 30.8 Å². The van der Waals surface area contributed by atoms with Gasteiger partial charge < -0.3 is 14.8 Å². The van der Waals surface area contributed by atoms with Crippen LogP contribution in [-0.4, -0.2) is 34.2 Å². The number of likely N-dealkylation sites (tertiary alicyclic amines) is 1. The quantitative estimate of drug-likeness (QED) is 0.885. The Bertz CT molecular complexity index is 715. The number of nitrogens with zero attached hydrogens (tertiary/aromatic N) is 1. The predicted molar refractivity (Wildman–Crippen MR) is 83.6 cm³/mol. The van der Waals surface area contributed by atoms with Gasteiger partial charge in [0.15, 0.2) is 5.75 Å². The molecule has 2 heterocycles. The van der Waals surface area contributed by atoms with E-state index in [0.29, 0.717) is 13.2 Å². The molecule has 0 amide bonds. The summed E-state index contributed by atoms with van der Waals surface area (Å²) in [6.45, 7) is 2.75. The Hall–Kier alpha value is -2.18. The van der Waals surface area contributed by atoms with Crippen molar-refractivity contribution >= 4 is 0 Å². The van der Waals surface area contributed by atoms with Gasteiger partial charge in [-0.2, -0.15) is 0 Å². The van der Waals surface area contributed by atoms with E-state index in [1.54, 1.807) is 12.1 Å². The number of H-pyrrole nitrogens is 1. The van der Waals surface area contributed by atoms with Crippen molar-refractivity contribution in [2.75, 3.05) is 13.1 Å². The molecule has 23 heavy (non-hydrogen) atoms. The van der Waals surface area contributed by atoms with Crippen LogP contribution in [0.1, 0.15) is 17.7 Å². The van der Waals surface area contributed by atoms with E-state index in [4.69, 9.17) is 4.74 Å². The number of halogens is 1. The number of benzene rings is 1. The number of aromatic amines is 1. The van der Waals surface area contributed by atoms with Crippen LogP contribution >= 0.6 is 0 Å². The Labute approximate surface area is 133 Å². The highest BCUT2D eigenvalue weighted by molar-refractivity contribution is 5.18. The largest absolute Gasteiger partial charge is 0.503 e. The monoisotopic (exact) mass is 318 g/mol. The van der Waals surface area contributed by atoms with Gasteiger partial charge in [-0.15, -0.1) is 0 Å². The van der Waals surface area contributed by atoms with Crippen molar-refractivity contribution in [3.8, 4) is 5.75 Å². The minimum absolute atomic E-state index is 0.129. The van der Waals surface area contributed by atoms with Gasteiger partial charge in [0.1, 0.15) is 5.82 Å². The summed E-state index contributed by atoms with van der Waals surface area (Å²) in [6.07, 6.45) is 2.36. The molecule has 1 atom stereocenters. The maximum Gasteiger partial charge on any atom is 0.223 e. The molecule has 0 saturated carbocycles. The average molecular weight is 318 g/mol. The first-order valence-corrected chi connectivity index (χ1v) is 7.59. The number of aromatic nitrogens is 1. The molecule has 2 aromatic rings. The van der Waals surface area contributed by atoms with Crippen molar-refractivity contribution in [2.45, 2.75) is 25.7 Å². The van der Waals surface area contributed by atoms with Crippen LogP contribution in [-0.2, 0) is 17.9 Å². The summed E-state index contributed by atoms with van der Waals surface area (Å²) in [6, 6.07) is 7.73. The molecule has 2 N–H and O–H groups in total. The second kappa shape index (κ2) is 6.93. The Morgan fingerprint density at radius 3 is 2.87 bits per heavy atom. The highest BCUT2D eigenvalue weighted by Gasteiger charge is 2.23. The number of nitrogens with one attached hydrogen (secondary N) is 1. The summed E-state index contributed by atoms with van der Waals surface area (Å²) in [5.74, 6) is -0.514. The van der Waals surface area contributed by atoms with E-state index in [-0.39, 0.29) is 23.1 Å². The van der Waals surface area contributed by atoms with Crippen LogP contribution in [0.2, 0.25) is 0 Å². The van der Waals surface area contributed by atoms with Crippen LogP contribution < -0.4 is 5.43 Å². The average Bonchev–Trinajstić information content (AvgIpc) is 2.98. The van der Waals surface area contributed by atoms with E-state index in [2.05, 4.69) is 9.88 Å². The summed E-state index contributed by atoms with van der Waals surface area (Å²) in [7, 11) is 0. The molecule has 1 aliphatic rings. The summed E-state index contributed by atoms with van der Waals surface area (Å²) in [5.41, 5.74) is 1.35. The summed E-state index contributed by atoms with van der Waals surface area (Å²) < 4.78 is 18.7. The van der Waals surface area contributed by atoms with Crippen LogP contribution in [0.25, 0.3) is 0 Å². The lowest BCUT2D eigenvalue weighted by molar-refractivity contribution is 0.0460. The van der Waals surface area contributed by atoms with Crippen molar-refractivity contribution in [2.24, 2.45) is 0 Å². The van der Waals surface area contributed by atoms with Crippen molar-refractivity contribution in [3.63, 3.8) is 0 Å². The van der Waals surface area contributed by atoms with E-state index in [1.807, 2.05) is 0 Å². The molecule has 0 aliphatic carbocycles. The second-order valence-corrected chi connectivity index (χ2v) is 5.79. The van der Waals surface area contributed by atoms with Gasteiger partial charge in [0, 0.05) is 37.6 Å². The molecule has 0 radical (unpaired) electrons. The zero-order chi connectivity index (χ0) is 16.2. The normalized spacial score (nSPS) is 18.4. The number of ether oxygens (including phenoxy) is 1. The van der Waals surface area contributed by atoms with Crippen LogP contribution in [0.4, 0.5) is 4.39 Å². The fraction of sp³-hybridized carbons (Fsp3) is 0.353. The highest BCUT2D eigenvalue weighted by Crippen LogP contribution is 2.17. The highest BCUT2D eigenvalue weighted by atomic mass is 19.1. The molecule has 0 bridgehead atoms. The van der Waals surface area contributed by atoms with Crippen molar-refractivity contribution in [1.29, 1.82) is 0 Å². The van der Waals surface area contributed by atoms with E-state index >= 15 is 0 Å². The van der Waals surface area contributed by atoms with E-state index in [9.17, 15) is 14.3 Å². The van der Waals surface area contributed by atoms with Crippen molar-refractivity contribution in [1.82, 2.24) is 9.88 Å². The molecule has 5 nitrogen and oxygen atoms in total. The number of hydrogen-bond donors (Lipinski definition) is 2. The Balaban J connectivity index is 1.49. The van der Waals surface area contributed by atoms with Crippen LogP contribution in [0.3, 0.4) is 0 Å². The fourth-order valence-corrected chi connectivity index (χ4v) is 2.71. The van der Waals surface area contributed by atoms with Crippen LogP contribution in [0.5, 0.6) is 5.75 Å². The number of pyridine rings is 1. The molecule has 1 unspecified atom stereocenters. The number of aromatic hydroxyl groups is 1. The molecule has 1 saturated heterocycles. The van der Waals surface area contributed by atoms with Crippen LogP contribution in [0, 0.1) is 5.82 Å². The van der Waals surface area contributed by atoms with Gasteiger partial charge in [0.2, 0.25) is 5.43 Å². The molecule has 122 valence electrons. The Morgan fingerprint density at radius 1 is 1.35 bits per heavy atom. The van der Waals surface area contributed by atoms with Crippen LogP contribution in [0.15, 0.2) is 41.3 Å². The third-order valence-electron chi connectivity index (χ3n) is 3.97. The molecule has 0 spiro atoms. The summed E-state index contributed by atoms with van der Waals surface area (Å²) in [5, 5.41) is 9.24. The van der Waals surface area contributed by atoms with Crippen molar-refractivity contribution < 1.29 is 14.2 Å². The number of hydrogen-bond acceptors (Lipinski definition) is 4. The fourth-order valence-electron chi connectivity index (χ4n) is 2.71. The van der Waals surface area contributed by atoms with Gasteiger partial charge in [-0.3, -0.25) is 9.69 Å². The standard InChI is InChI=1S/C17H19FN2O3/c18-13-3-1-12(2-4-13)11-23-15-5-6-20(10-15)9-14-7-16(21)17(22)8-19-14/h1-4,7-8,15,22H,5-6,9-11H2,(H,19,21). The molecule has 6 heteroatoms. The minimum Gasteiger partial charge on any atom is -0.503 e. The van der Waals surface area contributed by atoms with E-state index in [1.165, 1.54) is 24.4 Å². The molecule has 1 aromatic carbocycles. The molecule has 1 aliphatic heterocycles. The molecule has 1 aromatic heterocycles. The molecule has 3 rings (SSSR count). The first-order chi connectivity index (χ1) is 11.1. The summed E-state index contributed by atoms with van der Waals surface area (Å²) in [4.78, 5) is 16.5. The smallest absolute Gasteiger partial charge is 0.223 e. The lowest BCUT2D eigenvalue weighted by Crippen LogP contribution is -2.24.